The van der Waals surface area contributed by atoms with Crippen molar-refractivity contribution in [1.29, 1.82) is 0 Å². The van der Waals surface area contributed by atoms with E-state index in [9.17, 15) is 4.79 Å². The van der Waals surface area contributed by atoms with Crippen LogP contribution in [0.25, 0.3) is 11.3 Å². The zero-order valence-corrected chi connectivity index (χ0v) is 11.5. The van der Waals surface area contributed by atoms with Gasteiger partial charge in [0.25, 0.3) is 6.33 Å². The highest BCUT2D eigenvalue weighted by Crippen LogP contribution is 2.13. The predicted octanol–water partition coefficient (Wildman–Crippen LogP) is 2.92. The molecule has 102 valence electrons. The monoisotopic (exact) mass is 275 g/mol. The fourth-order valence-electron chi connectivity index (χ4n) is 2.14. The van der Waals surface area contributed by atoms with Crippen molar-refractivity contribution in [3.8, 4) is 11.3 Å². The van der Waals surface area contributed by atoms with Crippen molar-refractivity contribution in [1.82, 2.24) is 4.98 Å². The van der Waals surface area contributed by atoms with Crippen molar-refractivity contribution in [3.63, 3.8) is 0 Å². The first-order valence-corrected chi connectivity index (χ1v) is 6.82. The summed E-state index contributed by atoms with van der Waals surface area (Å²) in [5.41, 5.74) is 2.69. The molecule has 0 aliphatic rings. The summed E-state index contributed by atoms with van der Waals surface area (Å²) in [5, 5.41) is 0. The number of Topliss-reactive ketones (excluding diaryl/α,β-unsaturated/α-hetero) is 1. The molecular formula is C18H15N2O+. The molecule has 0 aliphatic carbocycles. The molecule has 3 nitrogen and oxygen atoms in total. The minimum absolute atomic E-state index is 0.0786. The van der Waals surface area contributed by atoms with Crippen LogP contribution in [0.2, 0.25) is 0 Å². The number of aromatic nitrogens is 2. The summed E-state index contributed by atoms with van der Waals surface area (Å²) in [6, 6.07) is 21.2. The molecule has 0 bridgehead atoms. The van der Waals surface area contributed by atoms with Crippen LogP contribution in [-0.4, -0.2) is 10.8 Å². The number of benzene rings is 2. The zero-order chi connectivity index (χ0) is 14.5. The van der Waals surface area contributed by atoms with Crippen molar-refractivity contribution in [2.75, 3.05) is 0 Å². The summed E-state index contributed by atoms with van der Waals surface area (Å²) in [6.07, 6.45) is 3.58. The van der Waals surface area contributed by atoms with Crippen LogP contribution in [0.4, 0.5) is 0 Å². The van der Waals surface area contributed by atoms with E-state index in [0.717, 1.165) is 16.8 Å². The molecule has 0 amide bonds. The first-order chi connectivity index (χ1) is 10.3. The van der Waals surface area contributed by atoms with Crippen molar-refractivity contribution in [2.45, 2.75) is 6.54 Å². The second-order valence-electron chi connectivity index (χ2n) is 4.77. The Bertz CT molecular complexity index is 722. The normalized spacial score (nSPS) is 10.3. The van der Waals surface area contributed by atoms with Gasteiger partial charge in [0.2, 0.25) is 5.78 Å². The number of nitrogens with zero attached hydrogens (tertiary/aromatic N) is 2. The van der Waals surface area contributed by atoms with E-state index >= 15 is 0 Å². The first-order valence-electron chi connectivity index (χ1n) is 6.82. The van der Waals surface area contributed by atoms with Gasteiger partial charge in [0.15, 0.2) is 12.2 Å². The fourth-order valence-corrected chi connectivity index (χ4v) is 2.14. The number of carbonyl (C=O) groups excluding carboxylic acids is 1. The van der Waals surface area contributed by atoms with Crippen LogP contribution >= 0.6 is 0 Å². The van der Waals surface area contributed by atoms with Gasteiger partial charge < -0.3 is 0 Å². The Labute approximate surface area is 123 Å². The van der Waals surface area contributed by atoms with E-state index in [1.807, 2.05) is 72.9 Å². The second kappa shape index (κ2) is 6.09. The summed E-state index contributed by atoms with van der Waals surface area (Å²) >= 11 is 0. The molecule has 0 saturated heterocycles. The van der Waals surface area contributed by atoms with E-state index in [1.54, 1.807) is 10.9 Å². The van der Waals surface area contributed by atoms with Gasteiger partial charge in [0, 0.05) is 17.2 Å². The minimum atomic E-state index is 0.0786. The zero-order valence-electron chi connectivity index (χ0n) is 11.5. The van der Waals surface area contributed by atoms with E-state index in [4.69, 9.17) is 0 Å². The van der Waals surface area contributed by atoms with E-state index in [2.05, 4.69) is 4.98 Å². The van der Waals surface area contributed by atoms with Gasteiger partial charge in [0.05, 0.1) is 6.20 Å². The number of carbonyl (C=O) groups is 1. The van der Waals surface area contributed by atoms with E-state index in [-0.39, 0.29) is 5.78 Å². The molecule has 2 aromatic carbocycles. The van der Waals surface area contributed by atoms with Gasteiger partial charge in [-0.05, 0) is 4.98 Å². The van der Waals surface area contributed by atoms with Gasteiger partial charge >= 0.3 is 0 Å². The maximum atomic E-state index is 12.1. The number of rotatable bonds is 4. The summed E-state index contributed by atoms with van der Waals surface area (Å²) in [6.45, 7) is 0.298. The molecule has 0 fully saturated rings. The van der Waals surface area contributed by atoms with Gasteiger partial charge in [-0.15, -0.1) is 0 Å². The Morgan fingerprint density at radius 2 is 1.57 bits per heavy atom. The maximum Gasteiger partial charge on any atom is 0.287 e. The Morgan fingerprint density at radius 1 is 0.905 bits per heavy atom. The van der Waals surface area contributed by atoms with Gasteiger partial charge in [0.1, 0.15) is 0 Å². The molecule has 0 aliphatic heterocycles. The van der Waals surface area contributed by atoms with Gasteiger partial charge in [-0.2, -0.15) is 0 Å². The van der Waals surface area contributed by atoms with Crippen LogP contribution in [0.5, 0.6) is 0 Å². The van der Waals surface area contributed by atoms with Crippen LogP contribution in [0.3, 0.4) is 0 Å². The van der Waals surface area contributed by atoms with Crippen LogP contribution in [0, 0.1) is 0 Å². The summed E-state index contributed by atoms with van der Waals surface area (Å²) < 4.78 is 1.79. The minimum Gasteiger partial charge on any atom is -0.290 e. The molecule has 0 N–H and O–H groups in total. The van der Waals surface area contributed by atoms with Gasteiger partial charge in [-0.25, -0.2) is 4.57 Å². The Kier molecular flexibility index (Phi) is 3.83. The van der Waals surface area contributed by atoms with Crippen molar-refractivity contribution in [2.24, 2.45) is 0 Å². The molecule has 21 heavy (non-hydrogen) atoms. The lowest BCUT2D eigenvalue weighted by Gasteiger charge is -2.00. The Morgan fingerprint density at radius 3 is 2.19 bits per heavy atom. The SMILES string of the molecule is O=C(C[n+]1ccc(-c2ccccc2)nc1)c1ccccc1. The lowest BCUT2D eigenvalue weighted by molar-refractivity contribution is -0.686. The highest BCUT2D eigenvalue weighted by Gasteiger charge is 2.11. The van der Waals surface area contributed by atoms with Crippen molar-refractivity contribution < 1.29 is 9.36 Å². The molecule has 0 unspecified atom stereocenters. The summed E-state index contributed by atoms with van der Waals surface area (Å²) in [5.74, 6) is 0.0786. The third-order valence-electron chi connectivity index (χ3n) is 3.26. The highest BCUT2D eigenvalue weighted by molar-refractivity contribution is 5.94. The van der Waals surface area contributed by atoms with Gasteiger partial charge in [-0.1, -0.05) is 60.7 Å². The topological polar surface area (TPSA) is 33.8 Å². The predicted molar refractivity (Wildman–Crippen MR) is 80.6 cm³/mol. The van der Waals surface area contributed by atoms with Crippen molar-refractivity contribution in [3.05, 3.63) is 84.8 Å². The lowest BCUT2D eigenvalue weighted by Crippen LogP contribution is -2.37. The smallest absolute Gasteiger partial charge is 0.287 e. The average molecular weight is 275 g/mol. The fraction of sp³-hybridized carbons (Fsp3) is 0.0556. The lowest BCUT2D eigenvalue weighted by atomic mass is 10.1. The third kappa shape index (κ3) is 3.20. The Hall–Kier alpha value is -2.81. The number of hydrogen-bond acceptors (Lipinski definition) is 2. The van der Waals surface area contributed by atoms with E-state index in [0.29, 0.717) is 6.54 Å². The molecule has 0 radical (unpaired) electrons. The quantitative estimate of drug-likeness (QED) is 0.542. The number of hydrogen-bond donors (Lipinski definition) is 0. The highest BCUT2D eigenvalue weighted by atomic mass is 16.1. The molecule has 3 aromatic rings. The largest absolute Gasteiger partial charge is 0.290 e. The van der Waals surface area contributed by atoms with Crippen LogP contribution in [-0.2, 0) is 6.54 Å². The Balaban J connectivity index is 1.75. The molecule has 0 atom stereocenters. The van der Waals surface area contributed by atoms with Crippen LogP contribution < -0.4 is 4.57 Å². The molecule has 0 spiro atoms. The summed E-state index contributed by atoms with van der Waals surface area (Å²) in [4.78, 5) is 16.5. The molecule has 1 heterocycles. The molecule has 3 rings (SSSR count). The van der Waals surface area contributed by atoms with Crippen LogP contribution in [0.15, 0.2) is 79.3 Å². The standard InChI is InChI=1S/C18H15N2O/c21-18(16-9-5-2-6-10-16)13-20-12-11-17(19-14-20)15-7-3-1-4-8-15/h1-12,14H,13H2/q+1. The molecule has 1 aromatic heterocycles. The molecule has 3 heteroatoms. The number of ketones is 1. The van der Waals surface area contributed by atoms with Gasteiger partial charge in [-0.3, -0.25) is 4.79 Å². The average Bonchev–Trinajstić information content (AvgIpc) is 2.57. The van der Waals surface area contributed by atoms with Crippen molar-refractivity contribution >= 4 is 5.78 Å². The van der Waals surface area contributed by atoms with Crippen LogP contribution in [0.1, 0.15) is 10.4 Å². The van der Waals surface area contributed by atoms with E-state index in [1.165, 1.54) is 0 Å². The molecule has 0 saturated carbocycles. The third-order valence-corrected chi connectivity index (χ3v) is 3.26. The summed E-state index contributed by atoms with van der Waals surface area (Å²) in [7, 11) is 0. The maximum absolute atomic E-state index is 12.1. The van der Waals surface area contributed by atoms with E-state index < -0.39 is 0 Å². The first kappa shape index (κ1) is 13.2. The molecular weight excluding hydrogens is 260 g/mol. The second-order valence-corrected chi connectivity index (χ2v) is 4.77.